The highest BCUT2D eigenvalue weighted by Crippen LogP contribution is 2.25. The van der Waals surface area contributed by atoms with Crippen LogP contribution in [0.15, 0.2) is 0 Å². The van der Waals surface area contributed by atoms with Crippen LogP contribution < -0.4 is 5.84 Å². The molecule has 2 N–H and O–H groups in total. The summed E-state index contributed by atoms with van der Waals surface area (Å²) < 4.78 is 0. The molecule has 0 aromatic carbocycles. The maximum absolute atomic E-state index is 5.93. The number of nitrogens with zero attached hydrogens (tertiary/aromatic N) is 1. The molecule has 0 spiro atoms. The second-order valence-corrected chi connectivity index (χ2v) is 4.67. The minimum Gasteiger partial charge on any atom is -0.269 e. The van der Waals surface area contributed by atoms with Crippen molar-refractivity contribution < 1.29 is 0 Å². The number of hydrogen-bond donors (Lipinski definition) is 1. The van der Waals surface area contributed by atoms with Crippen LogP contribution in [0.1, 0.15) is 65.7 Å². The van der Waals surface area contributed by atoms with E-state index in [0.717, 1.165) is 0 Å². The van der Waals surface area contributed by atoms with E-state index in [1.54, 1.807) is 0 Å². The molecule has 1 atom stereocenters. The summed E-state index contributed by atoms with van der Waals surface area (Å²) in [5, 5.41) is 1.92. The van der Waals surface area contributed by atoms with Gasteiger partial charge in [0.15, 0.2) is 0 Å². The molecular formula is C12H28N2. The molecule has 0 aromatic rings. The van der Waals surface area contributed by atoms with E-state index >= 15 is 0 Å². The molecule has 0 fully saturated rings. The van der Waals surface area contributed by atoms with Gasteiger partial charge in [0.2, 0.25) is 0 Å². The average molecular weight is 200 g/mol. The van der Waals surface area contributed by atoms with E-state index in [0.29, 0.717) is 0 Å². The Bertz CT molecular complexity index is 134. The highest BCUT2D eigenvalue weighted by Gasteiger charge is 2.25. The van der Waals surface area contributed by atoms with Crippen LogP contribution in [-0.2, 0) is 0 Å². The normalized spacial score (nSPS) is 15.9. The van der Waals surface area contributed by atoms with Gasteiger partial charge in [0, 0.05) is 12.6 Å². The summed E-state index contributed by atoms with van der Waals surface area (Å²) in [5.41, 5.74) is 0.213. The lowest BCUT2D eigenvalue weighted by Crippen LogP contribution is -2.48. The fraction of sp³-hybridized carbons (Fsp3) is 1.00. The molecule has 0 heterocycles. The fourth-order valence-corrected chi connectivity index (χ4v) is 1.79. The third-order valence-corrected chi connectivity index (χ3v) is 3.24. The maximum Gasteiger partial charge on any atom is 0.0320 e. The minimum absolute atomic E-state index is 0.213. The molecule has 1 unspecified atom stereocenters. The van der Waals surface area contributed by atoms with Gasteiger partial charge >= 0.3 is 0 Å². The van der Waals surface area contributed by atoms with Gasteiger partial charge in [-0.05, 0) is 19.8 Å². The van der Waals surface area contributed by atoms with Gasteiger partial charge in [0.1, 0.15) is 0 Å². The second-order valence-electron chi connectivity index (χ2n) is 4.67. The zero-order valence-electron chi connectivity index (χ0n) is 10.5. The van der Waals surface area contributed by atoms with E-state index in [2.05, 4.69) is 20.8 Å². The summed E-state index contributed by atoms with van der Waals surface area (Å²) >= 11 is 0. The first kappa shape index (κ1) is 13.9. The van der Waals surface area contributed by atoms with Crippen LogP contribution in [0.4, 0.5) is 0 Å². The number of nitrogens with two attached hydrogens (primary N) is 1. The summed E-state index contributed by atoms with van der Waals surface area (Å²) in [7, 11) is 2.00. The number of unbranched alkanes of at least 4 members (excludes halogenated alkanes) is 3. The van der Waals surface area contributed by atoms with Gasteiger partial charge in [-0.25, -0.2) is 5.01 Å². The molecule has 0 aromatic heterocycles. The molecule has 0 saturated carbocycles. The zero-order valence-corrected chi connectivity index (χ0v) is 10.5. The predicted octanol–water partition coefficient (Wildman–Crippen LogP) is 3.32. The lowest BCUT2D eigenvalue weighted by molar-refractivity contribution is 0.111. The van der Waals surface area contributed by atoms with Crippen LogP contribution in [0.5, 0.6) is 0 Å². The van der Waals surface area contributed by atoms with Crippen molar-refractivity contribution in [3.8, 4) is 0 Å². The fourth-order valence-electron chi connectivity index (χ4n) is 1.79. The van der Waals surface area contributed by atoms with Crippen LogP contribution in [-0.4, -0.2) is 17.6 Å². The monoisotopic (exact) mass is 200 g/mol. The highest BCUT2D eigenvalue weighted by atomic mass is 15.4. The van der Waals surface area contributed by atoms with Crippen molar-refractivity contribution in [1.29, 1.82) is 0 Å². The molecule has 0 aliphatic carbocycles. The Kier molecular flexibility index (Phi) is 7.20. The zero-order chi connectivity index (χ0) is 11.0. The Balaban J connectivity index is 3.96. The molecule has 0 amide bonds. The third kappa shape index (κ3) is 4.97. The third-order valence-electron chi connectivity index (χ3n) is 3.24. The Morgan fingerprint density at radius 3 is 1.93 bits per heavy atom. The van der Waals surface area contributed by atoms with Crippen molar-refractivity contribution in [2.24, 2.45) is 5.84 Å². The van der Waals surface area contributed by atoms with Gasteiger partial charge in [-0.15, -0.1) is 0 Å². The number of hydrazine groups is 1. The van der Waals surface area contributed by atoms with E-state index in [1.807, 2.05) is 12.1 Å². The summed E-state index contributed by atoms with van der Waals surface area (Å²) in [4.78, 5) is 0. The Hall–Kier alpha value is -0.0800. The van der Waals surface area contributed by atoms with E-state index < -0.39 is 0 Å². The summed E-state index contributed by atoms with van der Waals surface area (Å²) in [5.74, 6) is 5.93. The van der Waals surface area contributed by atoms with Crippen molar-refractivity contribution in [3.05, 3.63) is 0 Å². The molecule has 0 aliphatic heterocycles. The molecule has 2 nitrogen and oxygen atoms in total. The summed E-state index contributed by atoms with van der Waals surface area (Å²) in [6.07, 6.45) is 8.92. The number of hydrogen-bond acceptors (Lipinski definition) is 2. The lowest BCUT2D eigenvalue weighted by Gasteiger charge is -2.36. The van der Waals surface area contributed by atoms with Crippen LogP contribution in [0.2, 0.25) is 0 Å². The van der Waals surface area contributed by atoms with Gasteiger partial charge in [-0.1, -0.05) is 46.0 Å². The smallest absolute Gasteiger partial charge is 0.0320 e. The molecule has 86 valence electrons. The SMILES string of the molecule is CCCCCC(C)(CCCC)N(C)N. The molecule has 2 heteroatoms. The van der Waals surface area contributed by atoms with Gasteiger partial charge in [-0.3, -0.25) is 5.84 Å². The van der Waals surface area contributed by atoms with Gasteiger partial charge in [0.05, 0.1) is 0 Å². The Labute approximate surface area is 89.8 Å². The van der Waals surface area contributed by atoms with Crippen LogP contribution in [0, 0.1) is 0 Å². The first-order valence-corrected chi connectivity index (χ1v) is 6.05. The molecule has 0 radical (unpaired) electrons. The van der Waals surface area contributed by atoms with Gasteiger partial charge in [0.25, 0.3) is 0 Å². The van der Waals surface area contributed by atoms with Crippen molar-refractivity contribution in [1.82, 2.24) is 5.01 Å². The Morgan fingerprint density at radius 1 is 1.00 bits per heavy atom. The lowest BCUT2D eigenvalue weighted by atomic mass is 9.88. The predicted molar refractivity (Wildman–Crippen MR) is 64.0 cm³/mol. The summed E-state index contributed by atoms with van der Waals surface area (Å²) in [6, 6.07) is 0. The minimum atomic E-state index is 0.213. The van der Waals surface area contributed by atoms with Crippen molar-refractivity contribution in [3.63, 3.8) is 0 Å². The standard InChI is InChI=1S/C12H28N2/c1-5-7-9-11-12(3,14(4)13)10-8-6-2/h5-11,13H2,1-4H3. The topological polar surface area (TPSA) is 29.3 Å². The van der Waals surface area contributed by atoms with E-state index in [4.69, 9.17) is 5.84 Å². The highest BCUT2D eigenvalue weighted by molar-refractivity contribution is 4.81. The maximum atomic E-state index is 5.93. The largest absolute Gasteiger partial charge is 0.269 e. The van der Waals surface area contributed by atoms with E-state index in [1.165, 1.54) is 44.9 Å². The molecular weight excluding hydrogens is 172 g/mol. The first-order valence-electron chi connectivity index (χ1n) is 6.05. The van der Waals surface area contributed by atoms with Crippen LogP contribution in [0.25, 0.3) is 0 Å². The van der Waals surface area contributed by atoms with Gasteiger partial charge < -0.3 is 0 Å². The number of rotatable bonds is 8. The average Bonchev–Trinajstić information content (AvgIpc) is 2.15. The van der Waals surface area contributed by atoms with Crippen molar-refractivity contribution >= 4 is 0 Å². The summed E-state index contributed by atoms with van der Waals surface area (Å²) in [6.45, 7) is 6.77. The second kappa shape index (κ2) is 7.24. The molecule has 14 heavy (non-hydrogen) atoms. The molecule has 0 saturated heterocycles. The van der Waals surface area contributed by atoms with Gasteiger partial charge in [-0.2, -0.15) is 0 Å². The molecule has 0 bridgehead atoms. The van der Waals surface area contributed by atoms with E-state index in [-0.39, 0.29) is 5.54 Å². The Morgan fingerprint density at radius 2 is 1.50 bits per heavy atom. The molecule has 0 rings (SSSR count). The quantitative estimate of drug-likeness (QED) is 0.370. The van der Waals surface area contributed by atoms with Crippen molar-refractivity contribution in [2.75, 3.05) is 7.05 Å². The van der Waals surface area contributed by atoms with Crippen LogP contribution in [0.3, 0.4) is 0 Å². The first-order chi connectivity index (χ1) is 6.56. The van der Waals surface area contributed by atoms with Crippen molar-refractivity contribution in [2.45, 2.75) is 71.3 Å². The molecule has 0 aliphatic rings. The van der Waals surface area contributed by atoms with E-state index in [9.17, 15) is 0 Å². The van der Waals surface area contributed by atoms with Crippen LogP contribution >= 0.6 is 0 Å².